The van der Waals surface area contributed by atoms with Crippen molar-refractivity contribution in [3.63, 3.8) is 0 Å². The van der Waals surface area contributed by atoms with Crippen molar-refractivity contribution in [3.8, 4) is 17.0 Å². The summed E-state index contributed by atoms with van der Waals surface area (Å²) in [5.41, 5.74) is 2.93. The number of phenolic OH excluding ortho intramolecular Hbond substituents is 1. The van der Waals surface area contributed by atoms with Crippen LogP contribution in [-0.4, -0.2) is 56.2 Å². The van der Waals surface area contributed by atoms with Crippen LogP contribution in [0.5, 0.6) is 5.75 Å². The van der Waals surface area contributed by atoms with Crippen molar-refractivity contribution in [3.05, 3.63) is 65.2 Å². The zero-order valence-corrected chi connectivity index (χ0v) is 21.5. The molecule has 12 heteroatoms. The minimum absolute atomic E-state index is 0.147. The highest BCUT2D eigenvalue weighted by Crippen LogP contribution is 2.34. The summed E-state index contributed by atoms with van der Waals surface area (Å²) in [6.07, 6.45) is 3.65. The smallest absolute Gasteiger partial charge is 0.404 e. The number of hydrogen-bond donors (Lipinski definition) is 4. The summed E-state index contributed by atoms with van der Waals surface area (Å²) in [5.74, 6) is -1.04. The van der Waals surface area contributed by atoms with Crippen molar-refractivity contribution in [1.29, 1.82) is 0 Å². The number of fused-ring (bicyclic) bond motifs is 1. The SMILES string of the molecule is CC(=O)c1cnc2ccc(-c3cc(F)c(O)c(Cl)c3)nc2c1Nc1ccc(N2CCCC(NC(=O)O)C2)nc1. The second-order valence-corrected chi connectivity index (χ2v) is 9.63. The van der Waals surface area contributed by atoms with Crippen molar-refractivity contribution >= 4 is 51.7 Å². The number of ketones is 1. The first-order valence-corrected chi connectivity index (χ1v) is 12.5. The van der Waals surface area contributed by atoms with E-state index in [1.54, 1.807) is 18.3 Å². The zero-order valence-electron chi connectivity index (χ0n) is 20.8. The Morgan fingerprint density at radius 1 is 1.15 bits per heavy atom. The first kappa shape index (κ1) is 26.1. The quantitative estimate of drug-likeness (QED) is 0.233. The van der Waals surface area contributed by atoms with Crippen molar-refractivity contribution in [2.45, 2.75) is 25.8 Å². The molecule has 4 heterocycles. The molecule has 200 valence electrons. The van der Waals surface area contributed by atoms with E-state index >= 15 is 0 Å². The van der Waals surface area contributed by atoms with Crippen molar-refractivity contribution in [2.24, 2.45) is 0 Å². The number of hydrogen-bond acceptors (Lipinski definition) is 8. The van der Waals surface area contributed by atoms with E-state index in [9.17, 15) is 19.1 Å². The van der Waals surface area contributed by atoms with Gasteiger partial charge in [-0.3, -0.25) is 9.78 Å². The van der Waals surface area contributed by atoms with Crippen molar-refractivity contribution in [2.75, 3.05) is 23.3 Å². The van der Waals surface area contributed by atoms with Crippen LogP contribution in [0.2, 0.25) is 5.02 Å². The average Bonchev–Trinajstić information content (AvgIpc) is 2.91. The highest BCUT2D eigenvalue weighted by molar-refractivity contribution is 6.32. The molecule has 4 N–H and O–H groups in total. The predicted octanol–water partition coefficient (Wildman–Crippen LogP) is 5.37. The number of Topliss-reactive ketones (excluding diaryl/α,β-unsaturated/α-hetero) is 1. The van der Waals surface area contributed by atoms with Gasteiger partial charge in [-0.1, -0.05) is 11.6 Å². The van der Waals surface area contributed by atoms with Crippen LogP contribution in [0.1, 0.15) is 30.1 Å². The monoisotopic (exact) mass is 550 g/mol. The number of nitrogens with one attached hydrogen (secondary N) is 2. The summed E-state index contributed by atoms with van der Waals surface area (Å²) < 4.78 is 14.1. The predicted molar refractivity (Wildman–Crippen MR) is 146 cm³/mol. The first-order valence-electron chi connectivity index (χ1n) is 12.2. The molecule has 1 aliphatic heterocycles. The summed E-state index contributed by atoms with van der Waals surface area (Å²) in [4.78, 5) is 39.1. The third-order valence-electron chi connectivity index (χ3n) is 6.49. The molecule has 0 bridgehead atoms. The van der Waals surface area contributed by atoms with Gasteiger partial charge in [0.2, 0.25) is 0 Å². The third-order valence-corrected chi connectivity index (χ3v) is 6.78. The Labute approximate surface area is 227 Å². The molecule has 10 nitrogen and oxygen atoms in total. The van der Waals surface area contributed by atoms with Gasteiger partial charge in [0.1, 0.15) is 11.3 Å². The number of rotatable bonds is 6. The van der Waals surface area contributed by atoms with Gasteiger partial charge in [0.05, 0.1) is 39.4 Å². The number of benzene rings is 1. The van der Waals surface area contributed by atoms with Crippen LogP contribution in [0.15, 0.2) is 48.8 Å². The number of carboxylic acid groups (broad SMARTS) is 1. The molecule has 5 rings (SSSR count). The number of pyridine rings is 3. The standard InChI is InChI=1S/C27H24ClFN6O4/c1-14(36)18-12-30-22-6-5-21(15-9-19(28)26(37)20(29)10-15)34-25(22)24(18)32-16-4-7-23(31-11-16)35-8-2-3-17(13-35)33-27(38)39/h4-7,9-12,17,33,37H,2-3,8,13H2,1H3,(H,30,32)(H,38,39). The Bertz CT molecular complexity index is 1560. The number of phenols is 1. The van der Waals surface area contributed by atoms with E-state index < -0.39 is 17.7 Å². The lowest BCUT2D eigenvalue weighted by Gasteiger charge is -2.33. The molecule has 1 atom stereocenters. The Balaban J connectivity index is 1.48. The molecule has 4 aromatic rings. The summed E-state index contributed by atoms with van der Waals surface area (Å²) in [6.45, 7) is 2.70. The Morgan fingerprint density at radius 2 is 1.97 bits per heavy atom. The number of nitrogens with zero attached hydrogens (tertiary/aromatic N) is 4. The van der Waals surface area contributed by atoms with Crippen LogP contribution < -0.4 is 15.5 Å². The minimum atomic E-state index is -1.05. The maximum atomic E-state index is 14.1. The number of aromatic nitrogens is 3. The van der Waals surface area contributed by atoms with Gasteiger partial charge in [0, 0.05) is 30.9 Å². The van der Waals surface area contributed by atoms with Gasteiger partial charge in [-0.2, -0.15) is 0 Å². The van der Waals surface area contributed by atoms with E-state index in [1.807, 2.05) is 17.0 Å². The van der Waals surface area contributed by atoms with E-state index in [0.29, 0.717) is 51.6 Å². The number of halogens is 2. The fourth-order valence-electron chi connectivity index (χ4n) is 4.60. The number of piperidine rings is 1. The number of aromatic hydroxyl groups is 1. The molecule has 0 aliphatic carbocycles. The molecule has 39 heavy (non-hydrogen) atoms. The van der Waals surface area contributed by atoms with Crippen LogP contribution in [0.25, 0.3) is 22.3 Å². The highest BCUT2D eigenvalue weighted by Gasteiger charge is 2.22. The Hall–Kier alpha value is -4.51. The molecular weight excluding hydrogens is 527 g/mol. The van der Waals surface area contributed by atoms with Crippen LogP contribution in [0.4, 0.5) is 26.4 Å². The Kier molecular flexibility index (Phi) is 7.16. The van der Waals surface area contributed by atoms with Gasteiger partial charge in [-0.15, -0.1) is 0 Å². The lowest BCUT2D eigenvalue weighted by molar-refractivity contribution is 0.101. The maximum absolute atomic E-state index is 14.1. The Morgan fingerprint density at radius 3 is 2.67 bits per heavy atom. The van der Waals surface area contributed by atoms with Gasteiger partial charge < -0.3 is 25.7 Å². The number of anilines is 3. The average molecular weight is 551 g/mol. The van der Waals surface area contributed by atoms with Gasteiger partial charge in [-0.25, -0.2) is 19.2 Å². The lowest BCUT2D eigenvalue weighted by Crippen LogP contribution is -2.47. The molecule has 0 radical (unpaired) electrons. The summed E-state index contributed by atoms with van der Waals surface area (Å²) in [5, 5.41) is 24.3. The molecule has 3 aromatic heterocycles. The molecule has 1 fully saturated rings. The number of amides is 1. The summed E-state index contributed by atoms with van der Waals surface area (Å²) >= 11 is 5.96. The van der Waals surface area contributed by atoms with Crippen LogP contribution in [-0.2, 0) is 0 Å². The van der Waals surface area contributed by atoms with Crippen LogP contribution in [0, 0.1) is 5.82 Å². The maximum Gasteiger partial charge on any atom is 0.404 e. The van der Waals surface area contributed by atoms with Crippen molar-refractivity contribution < 1.29 is 24.2 Å². The zero-order chi connectivity index (χ0) is 27.7. The topological polar surface area (TPSA) is 141 Å². The molecule has 1 aromatic carbocycles. The largest absolute Gasteiger partial charge is 0.504 e. The third kappa shape index (κ3) is 5.53. The van der Waals surface area contributed by atoms with Gasteiger partial charge in [-0.05, 0) is 56.2 Å². The lowest BCUT2D eigenvalue weighted by atomic mass is 10.1. The molecule has 1 saturated heterocycles. The van der Waals surface area contributed by atoms with E-state index in [1.165, 1.54) is 19.2 Å². The molecule has 1 aliphatic rings. The van der Waals surface area contributed by atoms with Gasteiger partial charge in [0.15, 0.2) is 17.3 Å². The van der Waals surface area contributed by atoms with Crippen molar-refractivity contribution in [1.82, 2.24) is 20.3 Å². The highest BCUT2D eigenvalue weighted by atomic mass is 35.5. The fourth-order valence-corrected chi connectivity index (χ4v) is 4.81. The van der Waals surface area contributed by atoms with Crippen LogP contribution >= 0.6 is 11.6 Å². The molecule has 1 unspecified atom stereocenters. The first-order chi connectivity index (χ1) is 18.7. The van der Waals surface area contributed by atoms with Gasteiger partial charge in [0.25, 0.3) is 0 Å². The summed E-state index contributed by atoms with van der Waals surface area (Å²) in [7, 11) is 0. The molecule has 0 saturated carbocycles. The normalized spacial score (nSPS) is 15.3. The number of carbonyl (C=O) groups excluding carboxylic acids is 1. The molecule has 0 spiro atoms. The molecular formula is C27H24ClFN6O4. The second kappa shape index (κ2) is 10.7. The van der Waals surface area contributed by atoms with Gasteiger partial charge >= 0.3 is 6.09 Å². The minimum Gasteiger partial charge on any atom is -0.504 e. The van der Waals surface area contributed by atoms with E-state index in [4.69, 9.17) is 16.7 Å². The summed E-state index contributed by atoms with van der Waals surface area (Å²) in [6, 6.07) is 9.34. The van der Waals surface area contributed by atoms with Crippen LogP contribution in [0.3, 0.4) is 0 Å². The number of carbonyl (C=O) groups is 2. The second-order valence-electron chi connectivity index (χ2n) is 9.22. The fraction of sp³-hybridized carbons (Fsp3) is 0.222. The van der Waals surface area contributed by atoms with E-state index in [0.717, 1.165) is 25.5 Å². The molecule has 1 amide bonds. The van der Waals surface area contributed by atoms with E-state index in [2.05, 4.69) is 25.6 Å². The van der Waals surface area contributed by atoms with E-state index in [-0.39, 0.29) is 16.8 Å².